The van der Waals surface area contributed by atoms with E-state index in [1.54, 1.807) is 25.1 Å². The molecule has 2 aliphatic rings. The van der Waals surface area contributed by atoms with E-state index in [0.717, 1.165) is 18.4 Å². The molecular formula is C25H25NO5. The molecule has 0 bridgehead atoms. The average Bonchev–Trinajstić information content (AvgIpc) is 3.36. The van der Waals surface area contributed by atoms with Gasteiger partial charge in [-0.1, -0.05) is 36.4 Å². The Kier molecular flexibility index (Phi) is 5.34. The van der Waals surface area contributed by atoms with E-state index in [1.807, 2.05) is 35.2 Å². The van der Waals surface area contributed by atoms with Crippen molar-refractivity contribution in [3.63, 3.8) is 0 Å². The lowest BCUT2D eigenvalue weighted by atomic mass is 9.96. The third kappa shape index (κ3) is 3.66. The molecule has 0 radical (unpaired) electrons. The fourth-order valence-corrected chi connectivity index (χ4v) is 4.58. The standard InChI is InChI=1S/C25H25NO5/c1-16-21(27)19-10-5-11-20(23(19)31-22(16)17-7-3-2-4-8-17)24(28)26-12-6-9-18(15-26)25-29-13-14-30-25/h2-5,7-8,10-11,18,25H,6,9,12-15H2,1H3. The smallest absolute Gasteiger partial charge is 0.257 e. The van der Waals surface area contributed by atoms with Gasteiger partial charge in [-0.3, -0.25) is 9.59 Å². The molecule has 3 heterocycles. The molecule has 0 aliphatic carbocycles. The summed E-state index contributed by atoms with van der Waals surface area (Å²) in [6, 6.07) is 14.7. The predicted molar refractivity (Wildman–Crippen MR) is 117 cm³/mol. The second-order valence-electron chi connectivity index (χ2n) is 8.20. The number of amides is 1. The second-order valence-corrected chi connectivity index (χ2v) is 8.20. The van der Waals surface area contributed by atoms with Crippen molar-refractivity contribution in [2.45, 2.75) is 26.1 Å². The Morgan fingerprint density at radius 2 is 1.81 bits per heavy atom. The zero-order valence-corrected chi connectivity index (χ0v) is 17.5. The summed E-state index contributed by atoms with van der Waals surface area (Å²) in [5.74, 6) is 0.534. The molecule has 1 unspecified atom stereocenters. The minimum Gasteiger partial charge on any atom is -0.455 e. The first-order chi connectivity index (χ1) is 15.1. The fraction of sp³-hybridized carbons (Fsp3) is 0.360. The largest absolute Gasteiger partial charge is 0.455 e. The highest BCUT2D eigenvalue weighted by Gasteiger charge is 2.33. The van der Waals surface area contributed by atoms with Crippen LogP contribution in [0.1, 0.15) is 28.8 Å². The molecule has 2 aromatic carbocycles. The fourth-order valence-electron chi connectivity index (χ4n) is 4.58. The van der Waals surface area contributed by atoms with E-state index < -0.39 is 0 Å². The highest BCUT2D eigenvalue weighted by Crippen LogP contribution is 2.30. The third-order valence-corrected chi connectivity index (χ3v) is 6.19. The molecule has 2 saturated heterocycles. The quantitative estimate of drug-likeness (QED) is 0.642. The van der Waals surface area contributed by atoms with Gasteiger partial charge in [-0.05, 0) is 31.9 Å². The molecule has 1 atom stereocenters. The van der Waals surface area contributed by atoms with Gasteiger partial charge >= 0.3 is 0 Å². The summed E-state index contributed by atoms with van der Waals surface area (Å²) in [6.07, 6.45) is 1.62. The van der Waals surface area contributed by atoms with Crippen LogP contribution in [0.15, 0.2) is 57.7 Å². The lowest BCUT2D eigenvalue weighted by molar-refractivity contribution is -0.0969. The molecule has 6 heteroatoms. The van der Waals surface area contributed by atoms with Crippen molar-refractivity contribution >= 4 is 16.9 Å². The first kappa shape index (κ1) is 20.0. The van der Waals surface area contributed by atoms with Gasteiger partial charge < -0.3 is 18.8 Å². The summed E-state index contributed by atoms with van der Waals surface area (Å²) >= 11 is 0. The second kappa shape index (κ2) is 8.29. The Bertz CT molecular complexity index is 1160. The van der Waals surface area contributed by atoms with Gasteiger partial charge in [0.1, 0.15) is 5.76 Å². The minimum atomic E-state index is -0.242. The predicted octanol–water partition coefficient (Wildman–Crippen LogP) is 3.99. The maximum absolute atomic E-state index is 13.5. The molecule has 1 amide bonds. The maximum Gasteiger partial charge on any atom is 0.257 e. The van der Waals surface area contributed by atoms with Gasteiger partial charge in [-0.15, -0.1) is 0 Å². The molecule has 0 spiro atoms. The van der Waals surface area contributed by atoms with Crippen molar-refractivity contribution in [1.82, 2.24) is 4.90 Å². The average molecular weight is 419 g/mol. The van der Waals surface area contributed by atoms with Gasteiger partial charge in [-0.2, -0.15) is 0 Å². The number of hydrogen-bond donors (Lipinski definition) is 0. The number of para-hydroxylation sites is 1. The minimum absolute atomic E-state index is 0.112. The molecule has 3 aromatic rings. The summed E-state index contributed by atoms with van der Waals surface area (Å²) < 4.78 is 17.6. The van der Waals surface area contributed by atoms with Crippen LogP contribution in [0, 0.1) is 12.8 Å². The number of likely N-dealkylation sites (tertiary alicyclic amines) is 1. The molecule has 5 rings (SSSR count). The van der Waals surface area contributed by atoms with Crippen molar-refractivity contribution in [3.8, 4) is 11.3 Å². The van der Waals surface area contributed by atoms with E-state index in [0.29, 0.717) is 54.2 Å². The van der Waals surface area contributed by atoms with Crippen LogP contribution in [0.5, 0.6) is 0 Å². The third-order valence-electron chi connectivity index (χ3n) is 6.19. The van der Waals surface area contributed by atoms with Gasteiger partial charge in [0.15, 0.2) is 17.3 Å². The van der Waals surface area contributed by atoms with Crippen LogP contribution >= 0.6 is 0 Å². The zero-order valence-electron chi connectivity index (χ0n) is 17.5. The number of hydrogen-bond acceptors (Lipinski definition) is 5. The number of nitrogens with zero attached hydrogens (tertiary/aromatic N) is 1. The van der Waals surface area contributed by atoms with Crippen LogP contribution < -0.4 is 5.43 Å². The van der Waals surface area contributed by atoms with Gasteiger partial charge in [-0.25, -0.2) is 0 Å². The summed E-state index contributed by atoms with van der Waals surface area (Å²) in [4.78, 5) is 28.4. The van der Waals surface area contributed by atoms with E-state index in [-0.39, 0.29) is 23.5 Å². The summed E-state index contributed by atoms with van der Waals surface area (Å²) in [5.41, 5.74) is 2.00. The molecule has 2 aliphatic heterocycles. The SMILES string of the molecule is Cc1c(-c2ccccc2)oc2c(C(=O)N3CCCC(C4OCCO4)C3)cccc2c1=O. The first-order valence-corrected chi connectivity index (χ1v) is 10.8. The molecule has 2 fully saturated rings. The normalized spacial score (nSPS) is 19.8. The highest BCUT2D eigenvalue weighted by atomic mass is 16.7. The summed E-state index contributed by atoms with van der Waals surface area (Å²) in [7, 11) is 0. The number of fused-ring (bicyclic) bond motifs is 1. The lowest BCUT2D eigenvalue weighted by Crippen LogP contribution is -2.43. The van der Waals surface area contributed by atoms with Crippen LogP contribution in [0.4, 0.5) is 0 Å². The van der Waals surface area contributed by atoms with Crippen LogP contribution in [0.25, 0.3) is 22.3 Å². The van der Waals surface area contributed by atoms with Crippen LogP contribution in [-0.2, 0) is 9.47 Å². The monoisotopic (exact) mass is 419 g/mol. The molecular weight excluding hydrogens is 394 g/mol. The number of benzene rings is 2. The van der Waals surface area contributed by atoms with E-state index in [4.69, 9.17) is 13.9 Å². The van der Waals surface area contributed by atoms with Crippen molar-refractivity contribution in [3.05, 3.63) is 69.9 Å². The number of ether oxygens (including phenoxy) is 2. The first-order valence-electron chi connectivity index (χ1n) is 10.8. The molecule has 6 nitrogen and oxygen atoms in total. The zero-order chi connectivity index (χ0) is 21.4. The van der Waals surface area contributed by atoms with Crippen molar-refractivity contribution in [2.24, 2.45) is 5.92 Å². The van der Waals surface area contributed by atoms with Crippen molar-refractivity contribution in [2.75, 3.05) is 26.3 Å². The number of piperidine rings is 1. The Morgan fingerprint density at radius 3 is 2.58 bits per heavy atom. The van der Waals surface area contributed by atoms with E-state index in [2.05, 4.69) is 0 Å². The Hall–Kier alpha value is -2.96. The van der Waals surface area contributed by atoms with Gasteiger partial charge in [0.05, 0.1) is 24.2 Å². The van der Waals surface area contributed by atoms with Gasteiger partial charge in [0.2, 0.25) is 0 Å². The van der Waals surface area contributed by atoms with E-state index >= 15 is 0 Å². The Balaban J connectivity index is 1.54. The molecule has 1 aromatic heterocycles. The molecule has 0 N–H and O–H groups in total. The van der Waals surface area contributed by atoms with Crippen molar-refractivity contribution < 1.29 is 18.7 Å². The van der Waals surface area contributed by atoms with E-state index in [9.17, 15) is 9.59 Å². The number of rotatable bonds is 3. The summed E-state index contributed by atoms with van der Waals surface area (Å²) in [5, 5.41) is 0.430. The molecule has 31 heavy (non-hydrogen) atoms. The van der Waals surface area contributed by atoms with Crippen molar-refractivity contribution in [1.29, 1.82) is 0 Å². The summed E-state index contributed by atoms with van der Waals surface area (Å²) in [6.45, 7) is 4.21. The number of carbonyl (C=O) groups excluding carboxylic acids is 1. The number of carbonyl (C=O) groups is 1. The Morgan fingerprint density at radius 1 is 1.03 bits per heavy atom. The Labute approximate surface area is 180 Å². The van der Waals surface area contributed by atoms with E-state index in [1.165, 1.54) is 0 Å². The van der Waals surface area contributed by atoms with Gasteiger partial charge in [0, 0.05) is 30.1 Å². The molecule has 160 valence electrons. The molecule has 0 saturated carbocycles. The topological polar surface area (TPSA) is 69.0 Å². The maximum atomic E-state index is 13.5. The van der Waals surface area contributed by atoms with Crippen LogP contribution in [0.2, 0.25) is 0 Å². The van der Waals surface area contributed by atoms with Crippen LogP contribution in [0.3, 0.4) is 0 Å². The van der Waals surface area contributed by atoms with Crippen LogP contribution in [-0.4, -0.2) is 43.4 Å². The highest BCUT2D eigenvalue weighted by molar-refractivity contribution is 6.05. The lowest BCUT2D eigenvalue weighted by Gasteiger charge is -2.34. The van der Waals surface area contributed by atoms with Gasteiger partial charge in [0.25, 0.3) is 5.91 Å².